The smallest absolute Gasteiger partial charge is 0.207 e. The summed E-state index contributed by atoms with van der Waals surface area (Å²) in [4.78, 5) is 0. The molecule has 1 saturated carbocycles. The molecule has 2 aliphatic rings. The van der Waals surface area contributed by atoms with Gasteiger partial charge in [-0.2, -0.15) is 4.39 Å². The Bertz CT molecular complexity index is 808. The number of halogens is 2. The predicted molar refractivity (Wildman–Crippen MR) is 93.1 cm³/mol. The Balaban J connectivity index is 1.75. The molecule has 0 spiro atoms. The minimum absolute atomic E-state index is 0.0508. The summed E-state index contributed by atoms with van der Waals surface area (Å²) >= 11 is 0. The molecule has 132 valence electrons. The maximum atomic E-state index is 15.2. The van der Waals surface area contributed by atoms with E-state index in [0.29, 0.717) is 16.7 Å². The van der Waals surface area contributed by atoms with Crippen molar-refractivity contribution in [1.82, 2.24) is 0 Å². The molecular formula is C21H22F2O2. The lowest BCUT2D eigenvalue weighted by Gasteiger charge is -2.29. The van der Waals surface area contributed by atoms with Gasteiger partial charge in [-0.05, 0) is 47.9 Å². The maximum Gasteiger partial charge on any atom is 0.207 e. The highest BCUT2D eigenvalue weighted by molar-refractivity contribution is 5.77. The Morgan fingerprint density at radius 2 is 1.68 bits per heavy atom. The summed E-state index contributed by atoms with van der Waals surface area (Å²) in [6.07, 6.45) is 4.34. The van der Waals surface area contributed by atoms with Gasteiger partial charge < -0.3 is 9.47 Å². The molecule has 0 atom stereocenters. The summed E-state index contributed by atoms with van der Waals surface area (Å²) in [7, 11) is 1.42. The largest absolute Gasteiger partial charge is 0.494 e. The zero-order valence-corrected chi connectivity index (χ0v) is 14.6. The first-order valence-corrected chi connectivity index (χ1v) is 8.91. The summed E-state index contributed by atoms with van der Waals surface area (Å²) in [6.45, 7) is 2.31. The number of rotatable bonds is 2. The van der Waals surface area contributed by atoms with Crippen molar-refractivity contribution >= 4 is 0 Å². The number of fused-ring (bicyclic) bond motifs is 3. The minimum Gasteiger partial charge on any atom is -0.494 e. The Morgan fingerprint density at radius 1 is 0.960 bits per heavy atom. The third-order valence-electron chi connectivity index (χ3n) is 5.66. The van der Waals surface area contributed by atoms with E-state index in [9.17, 15) is 4.39 Å². The first-order chi connectivity index (χ1) is 12.1. The second-order valence-electron chi connectivity index (χ2n) is 7.20. The highest BCUT2D eigenvalue weighted by Crippen LogP contribution is 2.45. The summed E-state index contributed by atoms with van der Waals surface area (Å²) in [5, 5.41) is 0. The van der Waals surface area contributed by atoms with Crippen molar-refractivity contribution in [2.45, 2.75) is 45.1 Å². The second-order valence-corrected chi connectivity index (χ2v) is 7.20. The molecule has 0 unspecified atom stereocenters. The maximum absolute atomic E-state index is 15.2. The number of benzene rings is 2. The summed E-state index contributed by atoms with van der Waals surface area (Å²) < 4.78 is 40.2. The molecule has 1 heterocycles. The lowest BCUT2D eigenvalue weighted by atomic mass is 9.78. The fraction of sp³-hybridized carbons (Fsp3) is 0.429. The number of methoxy groups -OCH3 is 1. The molecule has 2 nitrogen and oxygen atoms in total. The molecular weight excluding hydrogens is 322 g/mol. The molecule has 4 heteroatoms. The van der Waals surface area contributed by atoms with Crippen LogP contribution < -0.4 is 9.47 Å². The van der Waals surface area contributed by atoms with Crippen LogP contribution in [0.2, 0.25) is 0 Å². The van der Waals surface area contributed by atoms with Crippen molar-refractivity contribution in [3.05, 3.63) is 47.0 Å². The quantitative estimate of drug-likeness (QED) is 0.683. The average Bonchev–Trinajstić information content (AvgIpc) is 2.63. The summed E-state index contributed by atoms with van der Waals surface area (Å²) in [6, 6.07) is 7.09. The van der Waals surface area contributed by atoms with Crippen LogP contribution in [0, 0.1) is 17.6 Å². The minimum atomic E-state index is -0.531. The molecule has 0 aromatic heterocycles. The lowest BCUT2D eigenvalue weighted by molar-refractivity contribution is 0.272. The molecule has 4 rings (SSSR count). The van der Waals surface area contributed by atoms with Crippen LogP contribution in [0.15, 0.2) is 24.3 Å². The van der Waals surface area contributed by atoms with Gasteiger partial charge in [0.25, 0.3) is 0 Å². The van der Waals surface area contributed by atoms with Crippen LogP contribution in [0.4, 0.5) is 8.78 Å². The normalized spacial score (nSPS) is 21.9. The molecule has 25 heavy (non-hydrogen) atoms. The van der Waals surface area contributed by atoms with E-state index in [1.807, 2.05) is 12.1 Å². The van der Waals surface area contributed by atoms with Crippen LogP contribution in [-0.2, 0) is 6.61 Å². The topological polar surface area (TPSA) is 18.5 Å². The first-order valence-electron chi connectivity index (χ1n) is 8.91. The van der Waals surface area contributed by atoms with Gasteiger partial charge in [0.15, 0.2) is 11.5 Å². The molecule has 1 aliphatic heterocycles. The van der Waals surface area contributed by atoms with Gasteiger partial charge in [-0.1, -0.05) is 31.9 Å². The molecule has 0 amide bonds. The molecule has 2 aromatic rings. The Morgan fingerprint density at radius 3 is 2.40 bits per heavy atom. The van der Waals surface area contributed by atoms with Gasteiger partial charge in [-0.3, -0.25) is 0 Å². The van der Waals surface area contributed by atoms with Crippen molar-refractivity contribution in [2.24, 2.45) is 5.92 Å². The van der Waals surface area contributed by atoms with E-state index in [4.69, 9.17) is 9.47 Å². The van der Waals surface area contributed by atoms with Crippen molar-refractivity contribution in [1.29, 1.82) is 0 Å². The Labute approximate surface area is 146 Å². The number of hydrogen-bond donors (Lipinski definition) is 0. The van der Waals surface area contributed by atoms with Crippen molar-refractivity contribution < 1.29 is 18.3 Å². The van der Waals surface area contributed by atoms with Crippen molar-refractivity contribution in [3.63, 3.8) is 0 Å². The van der Waals surface area contributed by atoms with Gasteiger partial charge in [-0.25, -0.2) is 4.39 Å². The predicted octanol–water partition coefficient (Wildman–Crippen LogP) is 5.83. The fourth-order valence-corrected chi connectivity index (χ4v) is 4.11. The molecule has 0 bridgehead atoms. The SMILES string of the molecule is COc1ccc2c(c1F)OCc1c-2ccc(C2CCC(C)CC2)c1F. The van der Waals surface area contributed by atoms with Crippen LogP contribution in [-0.4, -0.2) is 7.11 Å². The highest BCUT2D eigenvalue weighted by Gasteiger charge is 2.29. The fourth-order valence-electron chi connectivity index (χ4n) is 4.11. The van der Waals surface area contributed by atoms with E-state index < -0.39 is 5.82 Å². The van der Waals surface area contributed by atoms with Crippen LogP contribution in [0.1, 0.15) is 49.7 Å². The number of ether oxygens (including phenoxy) is 2. The van der Waals surface area contributed by atoms with Gasteiger partial charge >= 0.3 is 0 Å². The van der Waals surface area contributed by atoms with Gasteiger partial charge in [0.1, 0.15) is 12.4 Å². The molecule has 0 radical (unpaired) electrons. The van der Waals surface area contributed by atoms with Gasteiger partial charge in [0.2, 0.25) is 5.82 Å². The van der Waals surface area contributed by atoms with Gasteiger partial charge in [0, 0.05) is 11.1 Å². The van der Waals surface area contributed by atoms with E-state index >= 15 is 4.39 Å². The number of hydrogen-bond acceptors (Lipinski definition) is 2. The van der Waals surface area contributed by atoms with Crippen LogP contribution in [0.25, 0.3) is 11.1 Å². The second kappa shape index (κ2) is 6.32. The van der Waals surface area contributed by atoms with Crippen LogP contribution in [0.3, 0.4) is 0 Å². The van der Waals surface area contributed by atoms with Crippen LogP contribution in [0.5, 0.6) is 11.5 Å². The van der Waals surface area contributed by atoms with Gasteiger partial charge in [-0.15, -0.1) is 0 Å². The lowest BCUT2D eigenvalue weighted by Crippen LogP contribution is -2.15. The monoisotopic (exact) mass is 344 g/mol. The zero-order chi connectivity index (χ0) is 17.6. The van der Waals surface area contributed by atoms with E-state index in [2.05, 4.69) is 6.92 Å². The average molecular weight is 344 g/mol. The standard InChI is InChI=1S/C21H22F2O2/c1-12-3-5-13(6-4-12)14-7-8-15-16-9-10-18(24-2)20(23)21(16)25-11-17(15)19(14)22/h7-10,12-13H,3-6,11H2,1-2H3. The summed E-state index contributed by atoms with van der Waals surface area (Å²) in [5.41, 5.74) is 2.62. The Hall–Kier alpha value is -2.10. The third kappa shape index (κ3) is 2.68. The van der Waals surface area contributed by atoms with E-state index in [0.717, 1.165) is 37.2 Å². The van der Waals surface area contributed by atoms with E-state index in [1.165, 1.54) is 7.11 Å². The van der Waals surface area contributed by atoms with Crippen molar-refractivity contribution in [2.75, 3.05) is 7.11 Å². The van der Waals surface area contributed by atoms with Crippen molar-refractivity contribution in [3.8, 4) is 22.6 Å². The van der Waals surface area contributed by atoms with E-state index in [-0.39, 0.29) is 29.8 Å². The summed E-state index contributed by atoms with van der Waals surface area (Å²) in [5.74, 6) is 0.567. The molecule has 0 saturated heterocycles. The molecule has 1 fully saturated rings. The van der Waals surface area contributed by atoms with Gasteiger partial charge in [0.05, 0.1) is 7.11 Å². The first kappa shape index (κ1) is 16.4. The molecule has 0 N–H and O–H groups in total. The zero-order valence-electron chi connectivity index (χ0n) is 14.6. The van der Waals surface area contributed by atoms with Crippen LogP contribution >= 0.6 is 0 Å². The molecule has 1 aliphatic carbocycles. The highest BCUT2D eigenvalue weighted by atomic mass is 19.1. The Kier molecular flexibility index (Phi) is 4.14. The molecule has 2 aromatic carbocycles. The third-order valence-corrected chi connectivity index (χ3v) is 5.66. The van der Waals surface area contributed by atoms with E-state index in [1.54, 1.807) is 12.1 Å².